The minimum atomic E-state index is -1.21. The summed E-state index contributed by atoms with van der Waals surface area (Å²) in [5.74, 6) is -2.29. The van der Waals surface area contributed by atoms with Gasteiger partial charge in [0, 0.05) is 24.9 Å². The predicted octanol–water partition coefficient (Wildman–Crippen LogP) is 0.617. The van der Waals surface area contributed by atoms with Gasteiger partial charge in [0.25, 0.3) is 0 Å². The van der Waals surface area contributed by atoms with Crippen LogP contribution in [0.25, 0.3) is 6.08 Å². The van der Waals surface area contributed by atoms with Crippen LogP contribution in [0.1, 0.15) is 18.4 Å². The Morgan fingerprint density at radius 1 is 1.48 bits per heavy atom. The Balaban J connectivity index is 2.54. The first-order valence-electron chi connectivity index (χ1n) is 6.21. The third-order valence-corrected chi connectivity index (χ3v) is 2.59. The van der Waals surface area contributed by atoms with E-state index in [2.05, 4.69) is 15.0 Å². The minimum Gasteiger partial charge on any atom is -0.480 e. The second-order valence-corrected chi connectivity index (χ2v) is 4.13. The van der Waals surface area contributed by atoms with Crippen molar-refractivity contribution in [3.8, 4) is 0 Å². The molecule has 7 heteroatoms. The fraction of sp³-hybridized carbons (Fsp3) is 0.286. The number of methoxy groups -OCH3 is 1. The maximum atomic E-state index is 11.6. The van der Waals surface area contributed by atoms with Gasteiger partial charge >= 0.3 is 11.9 Å². The lowest BCUT2D eigenvalue weighted by Gasteiger charge is -2.12. The van der Waals surface area contributed by atoms with Crippen molar-refractivity contribution in [1.82, 2.24) is 10.3 Å². The monoisotopic (exact) mass is 292 g/mol. The number of aromatic nitrogens is 1. The summed E-state index contributed by atoms with van der Waals surface area (Å²) >= 11 is 0. The third kappa shape index (κ3) is 6.33. The normalized spacial score (nSPS) is 11.9. The number of nitrogens with one attached hydrogen (secondary N) is 1. The number of pyridine rings is 1. The van der Waals surface area contributed by atoms with Crippen LogP contribution in [0.5, 0.6) is 0 Å². The zero-order valence-electron chi connectivity index (χ0n) is 11.5. The molecular formula is C14H16N2O5. The number of hydrogen-bond donors (Lipinski definition) is 2. The average Bonchev–Trinajstić information content (AvgIpc) is 2.49. The molecule has 2 N–H and O–H groups in total. The summed E-state index contributed by atoms with van der Waals surface area (Å²) < 4.78 is 4.43. The van der Waals surface area contributed by atoms with Gasteiger partial charge in [0.2, 0.25) is 5.91 Å². The van der Waals surface area contributed by atoms with Gasteiger partial charge in [-0.25, -0.2) is 4.79 Å². The molecule has 21 heavy (non-hydrogen) atoms. The summed E-state index contributed by atoms with van der Waals surface area (Å²) in [6.45, 7) is 0. The number of amides is 1. The van der Waals surface area contributed by atoms with Gasteiger partial charge in [-0.15, -0.1) is 0 Å². The molecular weight excluding hydrogens is 276 g/mol. The van der Waals surface area contributed by atoms with Crippen molar-refractivity contribution in [2.45, 2.75) is 18.9 Å². The van der Waals surface area contributed by atoms with E-state index in [4.69, 9.17) is 5.11 Å². The Hall–Kier alpha value is -2.70. The van der Waals surface area contributed by atoms with Crippen molar-refractivity contribution in [3.63, 3.8) is 0 Å². The van der Waals surface area contributed by atoms with Crippen LogP contribution in [-0.2, 0) is 19.1 Å². The molecule has 0 aliphatic carbocycles. The van der Waals surface area contributed by atoms with Gasteiger partial charge in [-0.05, 0) is 24.1 Å². The second kappa shape index (κ2) is 8.47. The van der Waals surface area contributed by atoms with Crippen LogP contribution in [-0.4, -0.2) is 41.1 Å². The molecule has 0 fully saturated rings. The first-order valence-corrected chi connectivity index (χ1v) is 6.21. The standard InChI is InChI=1S/C14H16N2O5/c1-21-13(18)7-5-11(14(19)20)16-12(17)6-4-10-3-2-8-15-9-10/h2-4,6,8-9,11H,5,7H2,1H3,(H,16,17)(H,19,20)/b6-4+/t11-/m0/s1. The Kier molecular flexibility index (Phi) is 6.59. The molecule has 112 valence electrons. The van der Waals surface area contributed by atoms with E-state index in [1.54, 1.807) is 24.5 Å². The number of aliphatic carboxylic acids is 1. The highest BCUT2D eigenvalue weighted by atomic mass is 16.5. The van der Waals surface area contributed by atoms with Gasteiger partial charge in [-0.3, -0.25) is 14.6 Å². The molecule has 0 spiro atoms. The number of ether oxygens (including phenoxy) is 1. The fourth-order valence-corrected chi connectivity index (χ4v) is 1.49. The Morgan fingerprint density at radius 2 is 2.24 bits per heavy atom. The van der Waals surface area contributed by atoms with E-state index >= 15 is 0 Å². The van der Waals surface area contributed by atoms with Crippen LogP contribution in [0, 0.1) is 0 Å². The third-order valence-electron chi connectivity index (χ3n) is 2.59. The lowest BCUT2D eigenvalue weighted by atomic mass is 10.1. The van der Waals surface area contributed by atoms with Crippen molar-refractivity contribution in [1.29, 1.82) is 0 Å². The Labute approximate surface area is 121 Å². The van der Waals surface area contributed by atoms with Gasteiger partial charge in [-0.2, -0.15) is 0 Å². The smallest absolute Gasteiger partial charge is 0.326 e. The molecule has 0 aromatic carbocycles. The van der Waals surface area contributed by atoms with Crippen LogP contribution in [0.4, 0.5) is 0 Å². The predicted molar refractivity (Wildman–Crippen MR) is 74.1 cm³/mol. The second-order valence-electron chi connectivity index (χ2n) is 4.13. The minimum absolute atomic E-state index is 0.0333. The van der Waals surface area contributed by atoms with Gasteiger partial charge in [0.1, 0.15) is 6.04 Å². The van der Waals surface area contributed by atoms with Crippen LogP contribution >= 0.6 is 0 Å². The number of nitrogens with zero attached hydrogens (tertiary/aromatic N) is 1. The van der Waals surface area contributed by atoms with E-state index in [-0.39, 0.29) is 12.8 Å². The highest BCUT2D eigenvalue weighted by Crippen LogP contribution is 2.01. The summed E-state index contributed by atoms with van der Waals surface area (Å²) in [6.07, 6.45) is 5.78. The molecule has 1 rings (SSSR count). The lowest BCUT2D eigenvalue weighted by molar-refractivity contribution is -0.143. The van der Waals surface area contributed by atoms with Gasteiger partial charge in [-0.1, -0.05) is 6.07 Å². The average molecular weight is 292 g/mol. The first-order chi connectivity index (χ1) is 10.0. The van der Waals surface area contributed by atoms with Gasteiger partial charge in [0.05, 0.1) is 7.11 Å². The number of carbonyl (C=O) groups excluding carboxylic acids is 2. The van der Waals surface area contributed by atoms with Crippen LogP contribution in [0.2, 0.25) is 0 Å². The molecule has 0 aliphatic rings. The maximum absolute atomic E-state index is 11.6. The summed E-state index contributed by atoms with van der Waals surface area (Å²) in [5, 5.41) is 11.3. The molecule has 0 aliphatic heterocycles. The van der Waals surface area contributed by atoms with Crippen molar-refractivity contribution >= 4 is 23.9 Å². The number of carboxylic acids is 1. The largest absolute Gasteiger partial charge is 0.480 e. The molecule has 0 bridgehead atoms. The topological polar surface area (TPSA) is 106 Å². The van der Waals surface area contributed by atoms with Crippen molar-refractivity contribution in [3.05, 3.63) is 36.2 Å². The van der Waals surface area contributed by atoms with Crippen molar-refractivity contribution in [2.24, 2.45) is 0 Å². The van der Waals surface area contributed by atoms with Crippen LogP contribution in [0.3, 0.4) is 0 Å². The van der Waals surface area contributed by atoms with Crippen LogP contribution in [0.15, 0.2) is 30.6 Å². The molecule has 0 saturated heterocycles. The summed E-state index contributed by atoms with van der Waals surface area (Å²) in [7, 11) is 1.22. The molecule has 0 saturated carbocycles. The number of rotatable bonds is 7. The van der Waals surface area contributed by atoms with Crippen molar-refractivity contribution in [2.75, 3.05) is 7.11 Å². The molecule has 0 unspecified atom stereocenters. The highest BCUT2D eigenvalue weighted by Gasteiger charge is 2.20. The molecule has 7 nitrogen and oxygen atoms in total. The van der Waals surface area contributed by atoms with E-state index in [0.29, 0.717) is 5.56 Å². The fourth-order valence-electron chi connectivity index (χ4n) is 1.49. The highest BCUT2D eigenvalue weighted by molar-refractivity contribution is 5.94. The van der Waals surface area contributed by atoms with Gasteiger partial charge in [0.15, 0.2) is 0 Å². The molecule has 1 heterocycles. The molecule has 1 atom stereocenters. The summed E-state index contributed by atoms with van der Waals surface area (Å²) in [4.78, 5) is 37.5. The Bertz CT molecular complexity index is 527. The van der Waals surface area contributed by atoms with E-state index < -0.39 is 23.9 Å². The van der Waals surface area contributed by atoms with Gasteiger partial charge < -0.3 is 15.2 Å². The van der Waals surface area contributed by atoms with E-state index in [0.717, 1.165) is 0 Å². The van der Waals surface area contributed by atoms with E-state index in [1.807, 2.05) is 0 Å². The SMILES string of the molecule is COC(=O)CC[C@H](NC(=O)/C=C/c1cccnc1)C(=O)O. The zero-order valence-corrected chi connectivity index (χ0v) is 11.5. The summed E-state index contributed by atoms with van der Waals surface area (Å²) in [6, 6.07) is 2.33. The van der Waals surface area contributed by atoms with E-state index in [1.165, 1.54) is 19.3 Å². The lowest BCUT2D eigenvalue weighted by Crippen LogP contribution is -2.40. The zero-order chi connectivity index (χ0) is 15.7. The van der Waals surface area contributed by atoms with Crippen molar-refractivity contribution < 1.29 is 24.2 Å². The maximum Gasteiger partial charge on any atom is 0.326 e. The molecule has 1 aromatic heterocycles. The quantitative estimate of drug-likeness (QED) is 0.563. The van der Waals surface area contributed by atoms with Crippen LogP contribution < -0.4 is 5.32 Å². The molecule has 1 amide bonds. The number of esters is 1. The summed E-state index contributed by atoms with van der Waals surface area (Å²) in [5.41, 5.74) is 0.717. The van der Waals surface area contributed by atoms with E-state index in [9.17, 15) is 14.4 Å². The number of hydrogen-bond acceptors (Lipinski definition) is 5. The molecule has 1 aromatic rings. The number of carboxylic acid groups (broad SMARTS) is 1. The molecule has 0 radical (unpaired) electrons. The first kappa shape index (κ1) is 16.4. The Morgan fingerprint density at radius 3 is 2.81 bits per heavy atom. The number of carbonyl (C=O) groups is 3.